The fourth-order valence-corrected chi connectivity index (χ4v) is 8.59. The van der Waals surface area contributed by atoms with E-state index in [0.717, 1.165) is 28.4 Å². The maximum Gasteiger partial charge on any atom is 0.0641 e. The summed E-state index contributed by atoms with van der Waals surface area (Å²) < 4.78 is 4.89. The summed E-state index contributed by atoms with van der Waals surface area (Å²) in [5.74, 6) is 0. The van der Waals surface area contributed by atoms with Crippen LogP contribution in [0.3, 0.4) is 0 Å². The highest BCUT2D eigenvalue weighted by atomic mass is 15.1. The number of anilines is 3. The Morgan fingerprint density at radius 2 is 0.891 bits per heavy atom. The average Bonchev–Trinajstić information content (AvgIpc) is 3.78. The van der Waals surface area contributed by atoms with Crippen LogP contribution in [0.5, 0.6) is 0 Å². The van der Waals surface area contributed by atoms with Gasteiger partial charge in [-0.1, -0.05) is 133 Å². The minimum Gasteiger partial charge on any atom is -0.310 e. The largest absolute Gasteiger partial charge is 0.310 e. The molecule has 3 nitrogen and oxygen atoms in total. The second kappa shape index (κ2) is 12.6. The Morgan fingerprint density at radius 3 is 1.65 bits per heavy atom. The molecule has 55 heavy (non-hydrogen) atoms. The summed E-state index contributed by atoms with van der Waals surface area (Å²) in [6, 6.07) is 76.8. The molecule has 0 aliphatic rings. The zero-order valence-electron chi connectivity index (χ0n) is 30.0. The van der Waals surface area contributed by atoms with E-state index in [2.05, 4.69) is 226 Å². The molecule has 0 unspecified atom stereocenters. The molecule has 0 atom stereocenters. The first-order valence-corrected chi connectivity index (χ1v) is 18.9. The summed E-state index contributed by atoms with van der Waals surface area (Å²) in [6.07, 6.45) is 0. The normalized spacial score (nSPS) is 11.6. The van der Waals surface area contributed by atoms with Gasteiger partial charge in [-0.2, -0.15) is 0 Å². The molecule has 0 aliphatic heterocycles. The highest BCUT2D eigenvalue weighted by molar-refractivity contribution is 6.26. The summed E-state index contributed by atoms with van der Waals surface area (Å²) in [5, 5.41) is 7.39. The van der Waals surface area contributed by atoms with Gasteiger partial charge in [-0.25, -0.2) is 0 Å². The number of aromatic nitrogens is 2. The van der Waals surface area contributed by atoms with Crippen molar-refractivity contribution in [2.24, 2.45) is 0 Å². The molecule has 0 spiro atoms. The van der Waals surface area contributed by atoms with Gasteiger partial charge in [0.05, 0.1) is 22.1 Å². The Kier molecular flexibility index (Phi) is 7.17. The van der Waals surface area contributed by atoms with Crippen LogP contribution in [0.25, 0.3) is 76.9 Å². The van der Waals surface area contributed by atoms with Gasteiger partial charge in [0, 0.05) is 50.0 Å². The second-order valence-electron chi connectivity index (χ2n) is 14.2. The molecule has 0 saturated heterocycles. The fourth-order valence-electron chi connectivity index (χ4n) is 8.59. The minimum atomic E-state index is 1.11. The van der Waals surface area contributed by atoms with Crippen LogP contribution in [-0.2, 0) is 0 Å². The SMILES string of the molecule is c1ccc(-c2ccc(N(c3ccccc3)c3ccc4ccc(-n5c6ccccc6c6ccc7c(c8ccccc8n7-c7ccccc7)c65)cc4c3)cc2)cc1. The first-order chi connectivity index (χ1) is 27.3. The Balaban J connectivity index is 1.12. The smallest absolute Gasteiger partial charge is 0.0641 e. The lowest BCUT2D eigenvalue weighted by atomic mass is 10.0. The highest BCUT2D eigenvalue weighted by Crippen LogP contribution is 2.43. The highest BCUT2D eigenvalue weighted by Gasteiger charge is 2.21. The number of benzene rings is 9. The topological polar surface area (TPSA) is 13.1 Å². The lowest BCUT2D eigenvalue weighted by Crippen LogP contribution is -2.09. The molecule has 0 fully saturated rings. The van der Waals surface area contributed by atoms with Crippen LogP contribution >= 0.6 is 0 Å². The summed E-state index contributed by atoms with van der Waals surface area (Å²) in [4.78, 5) is 2.35. The van der Waals surface area contributed by atoms with Crippen LogP contribution in [-0.4, -0.2) is 9.13 Å². The number of hydrogen-bond acceptors (Lipinski definition) is 1. The molecular formula is C52H35N3. The Morgan fingerprint density at radius 1 is 0.309 bits per heavy atom. The van der Waals surface area contributed by atoms with E-state index in [1.165, 1.54) is 65.5 Å². The maximum atomic E-state index is 2.48. The predicted molar refractivity (Wildman–Crippen MR) is 233 cm³/mol. The molecule has 3 heteroatoms. The summed E-state index contributed by atoms with van der Waals surface area (Å²) in [7, 11) is 0. The van der Waals surface area contributed by atoms with E-state index in [9.17, 15) is 0 Å². The minimum absolute atomic E-state index is 1.11. The number of fused-ring (bicyclic) bond motifs is 8. The average molecular weight is 702 g/mol. The number of para-hydroxylation sites is 4. The molecule has 0 N–H and O–H groups in total. The van der Waals surface area contributed by atoms with Crippen molar-refractivity contribution in [3.8, 4) is 22.5 Å². The molecule has 0 radical (unpaired) electrons. The van der Waals surface area contributed by atoms with E-state index in [-0.39, 0.29) is 0 Å². The third-order valence-corrected chi connectivity index (χ3v) is 11.1. The second-order valence-corrected chi connectivity index (χ2v) is 14.2. The zero-order chi connectivity index (χ0) is 36.3. The van der Waals surface area contributed by atoms with Gasteiger partial charge in [-0.15, -0.1) is 0 Å². The third kappa shape index (κ3) is 5.05. The van der Waals surface area contributed by atoms with Gasteiger partial charge in [0.2, 0.25) is 0 Å². The van der Waals surface area contributed by atoms with Gasteiger partial charge < -0.3 is 14.0 Å². The first-order valence-electron chi connectivity index (χ1n) is 18.9. The van der Waals surface area contributed by atoms with Crippen LogP contribution in [0.15, 0.2) is 212 Å². The lowest BCUT2D eigenvalue weighted by molar-refractivity contribution is 1.18. The fraction of sp³-hybridized carbons (Fsp3) is 0. The molecule has 258 valence electrons. The monoisotopic (exact) mass is 701 g/mol. The standard InChI is InChI=1S/C52H35N3/c1-4-14-36(15-5-1)37-24-28-42(29-25-37)53(40-16-6-2-7-17-40)43-30-26-38-27-31-44(35-39(38)34-43)55-48-22-12-10-20-45(48)46-32-33-50-51(52(46)55)47-21-11-13-23-49(47)54(50)41-18-8-3-9-19-41/h1-35H. The molecule has 0 amide bonds. The van der Waals surface area contributed by atoms with Crippen molar-refractivity contribution in [2.45, 2.75) is 0 Å². The van der Waals surface area contributed by atoms with E-state index >= 15 is 0 Å². The van der Waals surface area contributed by atoms with Gasteiger partial charge >= 0.3 is 0 Å². The molecule has 11 rings (SSSR count). The van der Waals surface area contributed by atoms with Gasteiger partial charge in [0.25, 0.3) is 0 Å². The van der Waals surface area contributed by atoms with E-state index in [4.69, 9.17) is 0 Å². The van der Waals surface area contributed by atoms with E-state index in [0.29, 0.717) is 0 Å². The molecule has 0 aliphatic carbocycles. The van der Waals surface area contributed by atoms with Crippen LogP contribution in [0, 0.1) is 0 Å². The number of nitrogens with zero attached hydrogens (tertiary/aromatic N) is 3. The Labute approximate surface area is 319 Å². The Bertz CT molecular complexity index is 3180. The van der Waals surface area contributed by atoms with Crippen LogP contribution in [0.4, 0.5) is 17.1 Å². The maximum absolute atomic E-state index is 2.48. The van der Waals surface area contributed by atoms with Crippen molar-refractivity contribution in [1.29, 1.82) is 0 Å². The van der Waals surface area contributed by atoms with Crippen LogP contribution in [0.1, 0.15) is 0 Å². The lowest BCUT2D eigenvalue weighted by Gasteiger charge is -2.26. The quantitative estimate of drug-likeness (QED) is 0.168. The molecular weight excluding hydrogens is 667 g/mol. The number of hydrogen-bond donors (Lipinski definition) is 0. The first kappa shape index (κ1) is 31.2. The molecule has 0 saturated carbocycles. The van der Waals surface area contributed by atoms with E-state index in [1.807, 2.05) is 0 Å². The summed E-state index contributed by atoms with van der Waals surface area (Å²) in [5.41, 5.74) is 12.9. The van der Waals surface area contributed by atoms with Crippen molar-refractivity contribution in [1.82, 2.24) is 9.13 Å². The van der Waals surface area contributed by atoms with Crippen molar-refractivity contribution >= 4 is 71.4 Å². The third-order valence-electron chi connectivity index (χ3n) is 11.1. The van der Waals surface area contributed by atoms with E-state index < -0.39 is 0 Å². The zero-order valence-corrected chi connectivity index (χ0v) is 30.0. The van der Waals surface area contributed by atoms with Crippen LogP contribution < -0.4 is 4.90 Å². The Hall–Kier alpha value is -7.36. The summed E-state index contributed by atoms with van der Waals surface area (Å²) >= 11 is 0. The van der Waals surface area contributed by atoms with Gasteiger partial charge in [-0.3, -0.25) is 0 Å². The molecule has 9 aromatic carbocycles. The van der Waals surface area contributed by atoms with Crippen molar-refractivity contribution < 1.29 is 0 Å². The van der Waals surface area contributed by atoms with E-state index in [1.54, 1.807) is 0 Å². The van der Waals surface area contributed by atoms with Gasteiger partial charge in [-0.05, 0) is 101 Å². The van der Waals surface area contributed by atoms with Crippen molar-refractivity contribution in [3.63, 3.8) is 0 Å². The summed E-state index contributed by atoms with van der Waals surface area (Å²) in [6.45, 7) is 0. The van der Waals surface area contributed by atoms with Gasteiger partial charge in [0.1, 0.15) is 0 Å². The number of rotatable bonds is 6. The molecule has 11 aromatic rings. The molecule has 2 heterocycles. The molecule has 2 aromatic heterocycles. The predicted octanol–water partition coefficient (Wildman–Crippen LogP) is 14.2. The van der Waals surface area contributed by atoms with Crippen LogP contribution in [0.2, 0.25) is 0 Å². The molecule has 0 bridgehead atoms. The van der Waals surface area contributed by atoms with Crippen molar-refractivity contribution in [2.75, 3.05) is 4.90 Å². The van der Waals surface area contributed by atoms with Gasteiger partial charge in [0.15, 0.2) is 0 Å². The van der Waals surface area contributed by atoms with Crippen molar-refractivity contribution in [3.05, 3.63) is 212 Å².